The zero-order valence-corrected chi connectivity index (χ0v) is 13.8. The Hall–Kier alpha value is -2.58. The summed E-state index contributed by atoms with van der Waals surface area (Å²) in [6, 6.07) is 11.9. The standard InChI is InChI=1S/C16H11FN2O3S2/c17-11-5-3-10(4-6-11)15(12-2-1-9-23-12)18-16(20)13-7-8-14(24-13)19(21)22/h1-9,15H,(H,18,20)/t15-/m0/s1. The molecular weight excluding hydrogens is 351 g/mol. The molecule has 0 aliphatic carbocycles. The van der Waals surface area contributed by atoms with E-state index in [-0.39, 0.29) is 15.7 Å². The summed E-state index contributed by atoms with van der Waals surface area (Å²) in [5, 5.41) is 15.4. The van der Waals surface area contributed by atoms with Gasteiger partial charge in [-0.05, 0) is 35.2 Å². The molecule has 24 heavy (non-hydrogen) atoms. The monoisotopic (exact) mass is 362 g/mol. The van der Waals surface area contributed by atoms with Gasteiger partial charge in [-0.15, -0.1) is 11.3 Å². The average molecular weight is 362 g/mol. The van der Waals surface area contributed by atoms with Crippen molar-refractivity contribution >= 4 is 33.6 Å². The smallest absolute Gasteiger partial charge is 0.324 e. The fraction of sp³-hybridized carbons (Fsp3) is 0.0625. The molecule has 3 aromatic rings. The molecule has 2 heterocycles. The molecule has 3 rings (SSSR count). The Labute approximate surface area is 144 Å². The number of carbonyl (C=O) groups is 1. The molecule has 5 nitrogen and oxygen atoms in total. The summed E-state index contributed by atoms with van der Waals surface area (Å²) in [5.41, 5.74) is 0.734. The fourth-order valence-electron chi connectivity index (χ4n) is 2.18. The van der Waals surface area contributed by atoms with E-state index in [1.165, 1.54) is 35.6 Å². The van der Waals surface area contributed by atoms with Gasteiger partial charge in [0.05, 0.1) is 15.8 Å². The van der Waals surface area contributed by atoms with Gasteiger partial charge < -0.3 is 5.32 Å². The predicted octanol–water partition coefficient (Wildman–Crippen LogP) is 4.38. The summed E-state index contributed by atoms with van der Waals surface area (Å²) in [5.74, 6) is -0.764. The van der Waals surface area contributed by atoms with E-state index < -0.39 is 16.9 Å². The molecule has 0 aliphatic rings. The van der Waals surface area contributed by atoms with Crippen LogP contribution < -0.4 is 5.32 Å². The number of nitro groups is 1. The van der Waals surface area contributed by atoms with Crippen molar-refractivity contribution in [2.24, 2.45) is 0 Å². The highest BCUT2D eigenvalue weighted by Gasteiger charge is 2.21. The number of carbonyl (C=O) groups excluding carboxylic acids is 1. The lowest BCUT2D eigenvalue weighted by atomic mass is 10.1. The van der Waals surface area contributed by atoms with Crippen LogP contribution in [0.1, 0.15) is 26.2 Å². The topological polar surface area (TPSA) is 72.2 Å². The summed E-state index contributed by atoms with van der Waals surface area (Å²) < 4.78 is 13.2. The number of amides is 1. The Morgan fingerprint density at radius 3 is 2.50 bits per heavy atom. The van der Waals surface area contributed by atoms with Crippen LogP contribution in [0.4, 0.5) is 9.39 Å². The second-order valence-electron chi connectivity index (χ2n) is 4.87. The zero-order valence-electron chi connectivity index (χ0n) is 12.1. The predicted molar refractivity (Wildman–Crippen MR) is 91.0 cm³/mol. The highest BCUT2D eigenvalue weighted by atomic mass is 32.1. The Morgan fingerprint density at radius 1 is 1.17 bits per heavy atom. The van der Waals surface area contributed by atoms with Crippen molar-refractivity contribution in [1.82, 2.24) is 5.32 Å². The largest absolute Gasteiger partial charge is 0.340 e. The quantitative estimate of drug-likeness (QED) is 0.541. The van der Waals surface area contributed by atoms with E-state index in [2.05, 4.69) is 5.32 Å². The number of thiophene rings is 2. The molecule has 0 saturated carbocycles. The molecule has 1 atom stereocenters. The van der Waals surface area contributed by atoms with Crippen molar-refractivity contribution in [2.75, 3.05) is 0 Å². The van der Waals surface area contributed by atoms with Crippen LogP contribution in [0.5, 0.6) is 0 Å². The number of benzene rings is 1. The number of halogens is 1. The summed E-state index contributed by atoms with van der Waals surface area (Å²) in [6.45, 7) is 0. The molecule has 0 aliphatic heterocycles. The van der Waals surface area contributed by atoms with Gasteiger partial charge in [-0.3, -0.25) is 14.9 Å². The maximum Gasteiger partial charge on any atom is 0.324 e. The Balaban J connectivity index is 1.87. The molecule has 0 radical (unpaired) electrons. The SMILES string of the molecule is O=C(N[C@@H](c1ccc(F)cc1)c1cccs1)c1ccc([N+](=O)[O-])s1. The van der Waals surface area contributed by atoms with Crippen molar-refractivity contribution in [2.45, 2.75) is 6.04 Å². The van der Waals surface area contributed by atoms with E-state index in [4.69, 9.17) is 0 Å². The van der Waals surface area contributed by atoms with Crippen LogP contribution in [0.15, 0.2) is 53.9 Å². The number of nitrogens with zero attached hydrogens (tertiary/aromatic N) is 1. The minimum atomic E-state index is -0.530. The van der Waals surface area contributed by atoms with E-state index in [0.717, 1.165) is 21.8 Å². The van der Waals surface area contributed by atoms with Crippen LogP contribution in [0.25, 0.3) is 0 Å². The lowest BCUT2D eigenvalue weighted by Crippen LogP contribution is -2.28. The lowest BCUT2D eigenvalue weighted by molar-refractivity contribution is -0.380. The maximum atomic E-state index is 13.2. The maximum absolute atomic E-state index is 13.2. The van der Waals surface area contributed by atoms with Crippen molar-refractivity contribution < 1.29 is 14.1 Å². The van der Waals surface area contributed by atoms with E-state index in [0.29, 0.717) is 0 Å². The third-order valence-electron chi connectivity index (χ3n) is 3.30. The number of rotatable bonds is 5. The zero-order chi connectivity index (χ0) is 17.1. The summed E-state index contributed by atoms with van der Waals surface area (Å²) in [4.78, 5) is 23.8. The second kappa shape index (κ2) is 6.90. The highest BCUT2D eigenvalue weighted by molar-refractivity contribution is 7.17. The van der Waals surface area contributed by atoms with Crippen molar-refractivity contribution in [3.8, 4) is 0 Å². The van der Waals surface area contributed by atoms with Gasteiger partial charge in [0.2, 0.25) is 0 Å². The summed E-state index contributed by atoms with van der Waals surface area (Å²) in [7, 11) is 0. The molecule has 2 aromatic heterocycles. The van der Waals surface area contributed by atoms with Gasteiger partial charge in [0.25, 0.3) is 5.91 Å². The fourth-order valence-corrected chi connectivity index (χ4v) is 3.71. The Bertz CT molecular complexity index is 860. The second-order valence-corrected chi connectivity index (χ2v) is 6.91. The van der Waals surface area contributed by atoms with Gasteiger partial charge in [-0.1, -0.05) is 29.5 Å². The Morgan fingerprint density at radius 2 is 1.92 bits per heavy atom. The van der Waals surface area contributed by atoms with Gasteiger partial charge in [0.15, 0.2) is 0 Å². The van der Waals surface area contributed by atoms with Crippen molar-refractivity contribution in [3.63, 3.8) is 0 Å². The van der Waals surface area contributed by atoms with Crippen LogP contribution in [-0.4, -0.2) is 10.8 Å². The van der Waals surface area contributed by atoms with Crippen molar-refractivity contribution in [3.05, 3.63) is 85.2 Å². The van der Waals surface area contributed by atoms with Gasteiger partial charge >= 0.3 is 5.00 Å². The summed E-state index contributed by atoms with van der Waals surface area (Å²) in [6.07, 6.45) is 0. The Kier molecular flexibility index (Phi) is 4.68. The molecule has 0 saturated heterocycles. The van der Waals surface area contributed by atoms with Crippen LogP contribution in [0.3, 0.4) is 0 Å². The first-order valence-electron chi connectivity index (χ1n) is 6.88. The first kappa shape index (κ1) is 16.3. The molecular formula is C16H11FN2O3S2. The molecule has 1 N–H and O–H groups in total. The molecule has 1 aromatic carbocycles. The lowest BCUT2D eigenvalue weighted by Gasteiger charge is -2.17. The minimum Gasteiger partial charge on any atom is -0.340 e. The summed E-state index contributed by atoms with van der Waals surface area (Å²) >= 11 is 2.28. The van der Waals surface area contributed by atoms with Gasteiger partial charge in [-0.25, -0.2) is 4.39 Å². The van der Waals surface area contributed by atoms with E-state index in [9.17, 15) is 19.3 Å². The molecule has 0 unspecified atom stereocenters. The van der Waals surface area contributed by atoms with Crippen LogP contribution in [0.2, 0.25) is 0 Å². The third kappa shape index (κ3) is 3.50. The minimum absolute atomic E-state index is 0.0883. The van der Waals surface area contributed by atoms with Gasteiger partial charge in [-0.2, -0.15) is 0 Å². The van der Waals surface area contributed by atoms with E-state index in [1.54, 1.807) is 12.1 Å². The van der Waals surface area contributed by atoms with Crippen molar-refractivity contribution in [1.29, 1.82) is 0 Å². The van der Waals surface area contributed by atoms with Crippen LogP contribution in [0, 0.1) is 15.9 Å². The molecule has 0 fully saturated rings. The van der Waals surface area contributed by atoms with E-state index >= 15 is 0 Å². The van der Waals surface area contributed by atoms with Crippen LogP contribution >= 0.6 is 22.7 Å². The normalized spacial score (nSPS) is 11.9. The molecule has 8 heteroatoms. The average Bonchev–Trinajstić information content (AvgIpc) is 3.25. The molecule has 0 spiro atoms. The molecule has 122 valence electrons. The van der Waals surface area contributed by atoms with Gasteiger partial charge in [0, 0.05) is 10.9 Å². The first-order chi connectivity index (χ1) is 11.5. The van der Waals surface area contributed by atoms with Gasteiger partial charge in [0.1, 0.15) is 5.82 Å². The van der Waals surface area contributed by atoms with E-state index in [1.807, 2.05) is 17.5 Å². The molecule has 0 bridgehead atoms. The number of hydrogen-bond acceptors (Lipinski definition) is 5. The van der Waals surface area contributed by atoms with Crippen LogP contribution in [-0.2, 0) is 0 Å². The molecule has 1 amide bonds. The number of hydrogen-bond donors (Lipinski definition) is 1. The first-order valence-corrected chi connectivity index (χ1v) is 8.58. The highest BCUT2D eigenvalue weighted by Crippen LogP contribution is 2.28. The number of nitrogens with one attached hydrogen (secondary N) is 1. The third-order valence-corrected chi connectivity index (χ3v) is 5.27.